The molecule has 100 valence electrons. The average molecular weight is 248 g/mol. The average Bonchev–Trinajstić information content (AvgIpc) is 2.40. The zero-order chi connectivity index (χ0) is 13.0. The first kappa shape index (κ1) is 13.3. The van der Waals surface area contributed by atoms with Crippen molar-refractivity contribution in [2.45, 2.75) is 45.6 Å². The maximum Gasteiger partial charge on any atom is 0.129 e. The lowest BCUT2D eigenvalue weighted by Crippen LogP contribution is -2.38. The van der Waals surface area contributed by atoms with Crippen molar-refractivity contribution in [2.75, 3.05) is 18.4 Å². The highest BCUT2D eigenvalue weighted by Crippen LogP contribution is 2.19. The van der Waals surface area contributed by atoms with Crippen LogP contribution in [-0.2, 0) is 0 Å². The summed E-state index contributed by atoms with van der Waals surface area (Å²) in [6.45, 7) is 8.82. The lowest BCUT2D eigenvalue weighted by molar-refractivity contribution is 0.346. The van der Waals surface area contributed by atoms with E-state index in [0.717, 1.165) is 24.6 Å². The molecule has 4 heteroatoms. The minimum absolute atomic E-state index is 0.445. The van der Waals surface area contributed by atoms with Gasteiger partial charge in [0.05, 0.1) is 0 Å². The standard InChI is InChI=1S/C14H24N4/c1-10(2)13-7-14(17-9-16-13)18-11(3)12-5-4-6-15-8-12/h7,9-12,15H,4-6,8H2,1-3H3,(H,16,17,18). The lowest BCUT2D eigenvalue weighted by Gasteiger charge is -2.29. The van der Waals surface area contributed by atoms with Crippen LogP contribution in [-0.4, -0.2) is 29.1 Å². The molecule has 2 N–H and O–H groups in total. The van der Waals surface area contributed by atoms with Gasteiger partial charge in [-0.1, -0.05) is 13.8 Å². The molecule has 0 amide bonds. The van der Waals surface area contributed by atoms with E-state index < -0.39 is 0 Å². The molecule has 0 aromatic carbocycles. The molecule has 1 fully saturated rings. The normalized spacial score (nSPS) is 21.9. The van der Waals surface area contributed by atoms with Gasteiger partial charge in [0.1, 0.15) is 12.1 Å². The van der Waals surface area contributed by atoms with Crippen molar-refractivity contribution in [2.24, 2.45) is 5.92 Å². The molecule has 1 aliphatic rings. The van der Waals surface area contributed by atoms with E-state index in [1.807, 2.05) is 0 Å². The van der Waals surface area contributed by atoms with Gasteiger partial charge in [0.25, 0.3) is 0 Å². The van der Waals surface area contributed by atoms with Crippen molar-refractivity contribution in [3.63, 3.8) is 0 Å². The van der Waals surface area contributed by atoms with Gasteiger partial charge in [-0.3, -0.25) is 0 Å². The van der Waals surface area contributed by atoms with Gasteiger partial charge < -0.3 is 10.6 Å². The van der Waals surface area contributed by atoms with E-state index in [1.165, 1.54) is 12.8 Å². The summed E-state index contributed by atoms with van der Waals surface area (Å²) in [6, 6.07) is 2.52. The van der Waals surface area contributed by atoms with Crippen LogP contribution in [0.15, 0.2) is 12.4 Å². The predicted octanol–water partition coefficient (Wildman–Crippen LogP) is 2.40. The van der Waals surface area contributed by atoms with Crippen molar-refractivity contribution >= 4 is 5.82 Å². The zero-order valence-corrected chi connectivity index (χ0v) is 11.6. The number of aromatic nitrogens is 2. The van der Waals surface area contributed by atoms with Crippen molar-refractivity contribution in [1.82, 2.24) is 15.3 Å². The van der Waals surface area contributed by atoms with E-state index in [2.05, 4.69) is 47.4 Å². The summed E-state index contributed by atoms with van der Waals surface area (Å²) >= 11 is 0. The van der Waals surface area contributed by atoms with Crippen LogP contribution in [0.2, 0.25) is 0 Å². The van der Waals surface area contributed by atoms with Gasteiger partial charge >= 0.3 is 0 Å². The Labute approximate surface area is 110 Å². The third-order valence-electron chi connectivity index (χ3n) is 3.70. The second kappa shape index (κ2) is 6.14. The maximum absolute atomic E-state index is 4.31. The van der Waals surface area contributed by atoms with Crippen LogP contribution in [0.25, 0.3) is 0 Å². The third kappa shape index (κ3) is 3.42. The van der Waals surface area contributed by atoms with Gasteiger partial charge in [-0.05, 0) is 44.7 Å². The predicted molar refractivity (Wildman–Crippen MR) is 74.8 cm³/mol. The van der Waals surface area contributed by atoms with E-state index in [4.69, 9.17) is 0 Å². The molecule has 2 atom stereocenters. The molecule has 1 aromatic heterocycles. The highest BCUT2D eigenvalue weighted by atomic mass is 15.0. The summed E-state index contributed by atoms with van der Waals surface area (Å²) in [5.74, 6) is 2.09. The third-order valence-corrected chi connectivity index (χ3v) is 3.70. The Hall–Kier alpha value is -1.16. The molecule has 2 heterocycles. The number of nitrogens with zero attached hydrogens (tertiary/aromatic N) is 2. The molecule has 1 aromatic rings. The summed E-state index contributed by atoms with van der Waals surface area (Å²) in [5, 5.41) is 6.97. The summed E-state index contributed by atoms with van der Waals surface area (Å²) in [7, 11) is 0. The van der Waals surface area contributed by atoms with Crippen LogP contribution in [0.4, 0.5) is 5.82 Å². The van der Waals surface area contributed by atoms with E-state index >= 15 is 0 Å². The van der Waals surface area contributed by atoms with Crippen LogP contribution in [0.1, 0.15) is 45.2 Å². The molecule has 0 aliphatic carbocycles. The molecule has 0 radical (unpaired) electrons. The fourth-order valence-corrected chi connectivity index (χ4v) is 2.42. The molecule has 1 aliphatic heterocycles. The molecule has 4 nitrogen and oxygen atoms in total. The largest absolute Gasteiger partial charge is 0.367 e. The minimum atomic E-state index is 0.445. The second-order valence-corrected chi connectivity index (χ2v) is 5.52. The van der Waals surface area contributed by atoms with E-state index in [0.29, 0.717) is 17.9 Å². The van der Waals surface area contributed by atoms with Gasteiger partial charge in [-0.2, -0.15) is 0 Å². The lowest BCUT2D eigenvalue weighted by atomic mass is 9.93. The molecule has 0 bridgehead atoms. The quantitative estimate of drug-likeness (QED) is 0.859. The fraction of sp³-hybridized carbons (Fsp3) is 0.714. The Kier molecular flexibility index (Phi) is 4.53. The number of piperidine rings is 1. The van der Waals surface area contributed by atoms with E-state index in [-0.39, 0.29) is 0 Å². The molecular formula is C14H24N4. The fourth-order valence-electron chi connectivity index (χ4n) is 2.42. The topological polar surface area (TPSA) is 49.8 Å². The van der Waals surface area contributed by atoms with Gasteiger partial charge in [-0.15, -0.1) is 0 Å². The SMILES string of the molecule is CC(C)c1cc(NC(C)C2CCCNC2)ncn1. The van der Waals surface area contributed by atoms with Crippen LogP contribution in [0, 0.1) is 5.92 Å². The maximum atomic E-state index is 4.31. The molecule has 2 unspecified atom stereocenters. The number of hydrogen-bond donors (Lipinski definition) is 2. The molecule has 1 saturated heterocycles. The summed E-state index contributed by atoms with van der Waals surface area (Å²) in [5.41, 5.74) is 1.10. The van der Waals surface area contributed by atoms with Crippen LogP contribution in [0.3, 0.4) is 0 Å². The van der Waals surface area contributed by atoms with Gasteiger partial charge in [-0.25, -0.2) is 9.97 Å². The number of rotatable bonds is 4. The van der Waals surface area contributed by atoms with Crippen LogP contribution >= 0.6 is 0 Å². The van der Waals surface area contributed by atoms with Crippen molar-refractivity contribution in [3.05, 3.63) is 18.1 Å². The molecule has 0 saturated carbocycles. The molecule has 18 heavy (non-hydrogen) atoms. The first-order valence-corrected chi connectivity index (χ1v) is 6.96. The number of hydrogen-bond acceptors (Lipinski definition) is 4. The first-order valence-electron chi connectivity index (χ1n) is 6.96. The Balaban J connectivity index is 1.97. The minimum Gasteiger partial charge on any atom is -0.367 e. The smallest absolute Gasteiger partial charge is 0.129 e. The Morgan fingerprint density at radius 1 is 1.33 bits per heavy atom. The number of anilines is 1. The second-order valence-electron chi connectivity index (χ2n) is 5.52. The molecule has 0 spiro atoms. The Morgan fingerprint density at radius 3 is 2.83 bits per heavy atom. The first-order chi connectivity index (χ1) is 8.66. The monoisotopic (exact) mass is 248 g/mol. The number of nitrogens with one attached hydrogen (secondary N) is 2. The van der Waals surface area contributed by atoms with Crippen molar-refractivity contribution < 1.29 is 0 Å². The zero-order valence-electron chi connectivity index (χ0n) is 11.6. The van der Waals surface area contributed by atoms with Crippen molar-refractivity contribution in [3.8, 4) is 0 Å². The Morgan fingerprint density at radius 2 is 2.17 bits per heavy atom. The van der Waals surface area contributed by atoms with E-state index in [9.17, 15) is 0 Å². The Bertz CT molecular complexity index is 372. The van der Waals surface area contributed by atoms with Crippen LogP contribution < -0.4 is 10.6 Å². The van der Waals surface area contributed by atoms with E-state index in [1.54, 1.807) is 6.33 Å². The van der Waals surface area contributed by atoms with Crippen molar-refractivity contribution in [1.29, 1.82) is 0 Å². The van der Waals surface area contributed by atoms with Gasteiger partial charge in [0.15, 0.2) is 0 Å². The molecular weight excluding hydrogens is 224 g/mol. The van der Waals surface area contributed by atoms with Gasteiger partial charge in [0, 0.05) is 17.8 Å². The summed E-state index contributed by atoms with van der Waals surface area (Å²) < 4.78 is 0. The highest BCUT2D eigenvalue weighted by molar-refractivity contribution is 5.36. The highest BCUT2D eigenvalue weighted by Gasteiger charge is 2.20. The summed E-state index contributed by atoms with van der Waals surface area (Å²) in [4.78, 5) is 8.61. The summed E-state index contributed by atoms with van der Waals surface area (Å²) in [6.07, 6.45) is 4.23. The van der Waals surface area contributed by atoms with Gasteiger partial charge in [0.2, 0.25) is 0 Å². The van der Waals surface area contributed by atoms with Crippen LogP contribution in [0.5, 0.6) is 0 Å². The molecule has 2 rings (SSSR count).